The van der Waals surface area contributed by atoms with Crippen LogP contribution in [0.4, 0.5) is 0 Å². The van der Waals surface area contributed by atoms with Gasteiger partial charge in [-0.25, -0.2) is 0 Å². The van der Waals surface area contributed by atoms with Crippen LogP contribution in [0.15, 0.2) is 30.5 Å². The van der Waals surface area contributed by atoms with E-state index in [2.05, 4.69) is 53.6 Å². The summed E-state index contributed by atoms with van der Waals surface area (Å²) < 4.78 is 1.97. The smallest absolute Gasteiger partial charge is 0.0682 e. The van der Waals surface area contributed by atoms with E-state index >= 15 is 0 Å². The van der Waals surface area contributed by atoms with Crippen LogP contribution in [0.5, 0.6) is 0 Å². The Morgan fingerprint density at radius 3 is 2.83 bits per heavy atom. The van der Waals surface area contributed by atoms with Crippen molar-refractivity contribution in [2.45, 2.75) is 26.3 Å². The fourth-order valence-corrected chi connectivity index (χ4v) is 3.70. The van der Waals surface area contributed by atoms with E-state index in [1.807, 2.05) is 17.9 Å². The van der Waals surface area contributed by atoms with Crippen molar-refractivity contribution in [2.75, 3.05) is 26.7 Å². The van der Waals surface area contributed by atoms with Gasteiger partial charge in [-0.1, -0.05) is 17.7 Å². The molecule has 24 heavy (non-hydrogen) atoms. The Bertz CT molecular complexity index is 651. The number of hydrogen-bond acceptors (Lipinski definition) is 3. The molecule has 1 aliphatic heterocycles. The summed E-state index contributed by atoms with van der Waals surface area (Å²) in [4.78, 5) is 2.61. The number of aryl methyl sites for hydroxylation is 2. The van der Waals surface area contributed by atoms with Crippen molar-refractivity contribution >= 4 is 12.4 Å². The summed E-state index contributed by atoms with van der Waals surface area (Å²) >= 11 is 0. The lowest BCUT2D eigenvalue weighted by Gasteiger charge is -2.33. The molecule has 1 unspecified atom stereocenters. The lowest BCUT2D eigenvalue weighted by molar-refractivity contribution is 0.167. The predicted molar refractivity (Wildman–Crippen MR) is 103 cm³/mol. The first-order chi connectivity index (χ1) is 11.2. The third kappa shape index (κ3) is 4.38. The minimum absolute atomic E-state index is 0. The van der Waals surface area contributed by atoms with Crippen LogP contribution in [-0.2, 0) is 13.6 Å². The number of likely N-dealkylation sites (tertiary alicyclic amines) is 1. The van der Waals surface area contributed by atoms with Crippen molar-refractivity contribution in [3.8, 4) is 11.3 Å². The minimum atomic E-state index is 0. The summed E-state index contributed by atoms with van der Waals surface area (Å²) in [6.45, 7) is 6.71. The molecular formula is C19H29ClN4. The molecule has 2 heterocycles. The summed E-state index contributed by atoms with van der Waals surface area (Å²) in [5.41, 5.74) is 5.23. The van der Waals surface area contributed by atoms with E-state index in [0.717, 1.165) is 19.0 Å². The zero-order valence-electron chi connectivity index (χ0n) is 15.0. The van der Waals surface area contributed by atoms with Crippen molar-refractivity contribution in [3.05, 3.63) is 41.6 Å². The van der Waals surface area contributed by atoms with Gasteiger partial charge in [0.1, 0.15) is 0 Å². The van der Waals surface area contributed by atoms with E-state index in [4.69, 9.17) is 0 Å². The molecule has 5 heteroatoms. The second kappa shape index (κ2) is 8.65. The van der Waals surface area contributed by atoms with Crippen LogP contribution in [0.3, 0.4) is 0 Å². The second-order valence-corrected chi connectivity index (χ2v) is 6.80. The van der Waals surface area contributed by atoms with E-state index < -0.39 is 0 Å². The number of aromatic nitrogens is 2. The van der Waals surface area contributed by atoms with Crippen molar-refractivity contribution in [2.24, 2.45) is 13.0 Å². The van der Waals surface area contributed by atoms with Gasteiger partial charge in [-0.2, -0.15) is 5.10 Å². The molecule has 2 aromatic rings. The normalized spacial score (nSPS) is 18.4. The van der Waals surface area contributed by atoms with Gasteiger partial charge in [0.15, 0.2) is 0 Å². The summed E-state index contributed by atoms with van der Waals surface area (Å²) in [6, 6.07) is 8.92. The molecule has 4 nitrogen and oxygen atoms in total. The van der Waals surface area contributed by atoms with Crippen LogP contribution < -0.4 is 5.32 Å². The lowest BCUT2D eigenvalue weighted by Crippen LogP contribution is -2.38. The Hall–Kier alpha value is -1.36. The molecule has 1 atom stereocenters. The predicted octanol–water partition coefficient (Wildman–Crippen LogP) is 3.25. The van der Waals surface area contributed by atoms with Gasteiger partial charge >= 0.3 is 0 Å². The van der Waals surface area contributed by atoms with Gasteiger partial charge in [0.25, 0.3) is 0 Å². The van der Waals surface area contributed by atoms with Gasteiger partial charge in [-0.05, 0) is 63.5 Å². The summed E-state index contributed by atoms with van der Waals surface area (Å²) in [5.74, 6) is 0.777. The second-order valence-electron chi connectivity index (χ2n) is 6.80. The molecule has 1 fully saturated rings. The fourth-order valence-electron chi connectivity index (χ4n) is 3.70. The van der Waals surface area contributed by atoms with E-state index in [1.54, 1.807) is 0 Å². The zero-order valence-corrected chi connectivity index (χ0v) is 15.8. The largest absolute Gasteiger partial charge is 0.319 e. The molecule has 0 saturated carbocycles. The topological polar surface area (TPSA) is 33.1 Å². The van der Waals surface area contributed by atoms with Gasteiger partial charge in [0.2, 0.25) is 0 Å². The van der Waals surface area contributed by atoms with Gasteiger partial charge in [0.05, 0.1) is 5.69 Å². The quantitative estimate of drug-likeness (QED) is 0.900. The number of rotatable bonds is 5. The molecule has 0 aliphatic carbocycles. The first-order valence-corrected chi connectivity index (χ1v) is 8.62. The van der Waals surface area contributed by atoms with E-state index in [9.17, 15) is 0 Å². The Kier molecular flexibility index (Phi) is 6.84. The Morgan fingerprint density at radius 2 is 2.12 bits per heavy atom. The van der Waals surface area contributed by atoms with Crippen molar-refractivity contribution < 1.29 is 0 Å². The van der Waals surface area contributed by atoms with Crippen molar-refractivity contribution in [3.63, 3.8) is 0 Å². The number of nitrogens with one attached hydrogen (secondary N) is 1. The Balaban J connectivity index is 0.00000208. The molecule has 0 radical (unpaired) electrons. The molecule has 1 N–H and O–H groups in total. The molecule has 1 aromatic carbocycles. The highest BCUT2D eigenvalue weighted by atomic mass is 35.5. The summed E-state index contributed by atoms with van der Waals surface area (Å²) in [5, 5.41) is 7.67. The maximum Gasteiger partial charge on any atom is 0.0682 e. The SMILES string of the molecule is CNCC1CCCN(Cc2ccc(C)cc2-c2ccnn2C)C1.Cl. The third-order valence-electron chi connectivity index (χ3n) is 4.85. The maximum atomic E-state index is 4.34. The Morgan fingerprint density at radius 1 is 1.29 bits per heavy atom. The van der Waals surface area contributed by atoms with E-state index in [0.29, 0.717) is 0 Å². The first-order valence-electron chi connectivity index (χ1n) is 8.62. The lowest BCUT2D eigenvalue weighted by atomic mass is 9.96. The average molecular weight is 349 g/mol. The summed E-state index contributed by atoms with van der Waals surface area (Å²) in [6.07, 6.45) is 4.53. The standard InChI is InChI=1S/C19H28N4.ClH/c1-15-6-7-17(18(11-15)19-8-9-21-22(19)3)14-23-10-4-5-16(13-23)12-20-2;/h6-9,11,16,20H,4-5,10,12-14H2,1-3H3;1H. The summed E-state index contributed by atoms with van der Waals surface area (Å²) in [7, 11) is 4.07. The van der Waals surface area contributed by atoms with E-state index in [1.165, 1.54) is 48.3 Å². The van der Waals surface area contributed by atoms with Crippen LogP contribution in [0, 0.1) is 12.8 Å². The van der Waals surface area contributed by atoms with Gasteiger partial charge in [-0.3, -0.25) is 9.58 Å². The van der Waals surface area contributed by atoms with Crippen LogP contribution in [-0.4, -0.2) is 41.4 Å². The highest BCUT2D eigenvalue weighted by Gasteiger charge is 2.20. The highest BCUT2D eigenvalue weighted by molar-refractivity contribution is 5.85. The highest BCUT2D eigenvalue weighted by Crippen LogP contribution is 2.27. The van der Waals surface area contributed by atoms with Crippen LogP contribution in [0.2, 0.25) is 0 Å². The van der Waals surface area contributed by atoms with Gasteiger partial charge in [-0.15, -0.1) is 12.4 Å². The van der Waals surface area contributed by atoms with Crippen LogP contribution >= 0.6 is 12.4 Å². The molecule has 1 saturated heterocycles. The monoisotopic (exact) mass is 348 g/mol. The van der Waals surface area contributed by atoms with Crippen molar-refractivity contribution in [1.82, 2.24) is 20.0 Å². The number of piperidine rings is 1. The molecule has 0 bridgehead atoms. The number of nitrogens with zero attached hydrogens (tertiary/aromatic N) is 3. The number of hydrogen-bond donors (Lipinski definition) is 1. The first kappa shape index (κ1) is 19.0. The fraction of sp³-hybridized carbons (Fsp3) is 0.526. The number of halogens is 1. The third-order valence-corrected chi connectivity index (χ3v) is 4.85. The molecule has 1 aliphatic rings. The Labute approximate surface area is 151 Å². The molecule has 3 rings (SSSR count). The van der Waals surface area contributed by atoms with E-state index in [-0.39, 0.29) is 12.4 Å². The molecule has 0 spiro atoms. The van der Waals surface area contributed by atoms with Crippen LogP contribution in [0.25, 0.3) is 11.3 Å². The maximum absolute atomic E-state index is 4.34. The zero-order chi connectivity index (χ0) is 16.2. The van der Waals surface area contributed by atoms with Gasteiger partial charge in [0, 0.05) is 31.9 Å². The molecular weight excluding hydrogens is 320 g/mol. The van der Waals surface area contributed by atoms with Gasteiger partial charge < -0.3 is 5.32 Å². The molecule has 1 aromatic heterocycles. The minimum Gasteiger partial charge on any atom is -0.319 e. The van der Waals surface area contributed by atoms with Crippen molar-refractivity contribution in [1.29, 1.82) is 0 Å². The number of benzene rings is 1. The molecule has 132 valence electrons. The average Bonchev–Trinajstić information content (AvgIpc) is 2.96. The van der Waals surface area contributed by atoms with Crippen LogP contribution in [0.1, 0.15) is 24.0 Å². The molecule has 0 amide bonds.